The van der Waals surface area contributed by atoms with Crippen molar-refractivity contribution in [2.24, 2.45) is 4.99 Å². The Balaban J connectivity index is 1.45. The van der Waals surface area contributed by atoms with E-state index in [2.05, 4.69) is 20.8 Å². The number of hydrogen-bond donors (Lipinski definition) is 3. The first kappa shape index (κ1) is 26.7. The van der Waals surface area contributed by atoms with E-state index in [9.17, 15) is 19.6 Å². The maximum atomic E-state index is 12.4. The zero-order chi connectivity index (χ0) is 27.2. The van der Waals surface area contributed by atoms with Crippen molar-refractivity contribution in [3.63, 3.8) is 0 Å². The summed E-state index contributed by atoms with van der Waals surface area (Å²) in [7, 11) is 0. The molecule has 2 atom stereocenters. The van der Waals surface area contributed by atoms with Crippen LogP contribution in [0.4, 0.5) is 14.4 Å². The quantitative estimate of drug-likeness (QED) is 0.307. The first-order valence-corrected chi connectivity index (χ1v) is 12.5. The third-order valence-electron chi connectivity index (χ3n) is 6.23. The van der Waals surface area contributed by atoms with Crippen molar-refractivity contribution in [3.05, 3.63) is 17.5 Å². The number of fused-ring (bicyclic) bond motifs is 2. The number of hydroxylamine groups is 2. The molecule has 13 heteroatoms. The molecule has 1 aromatic heterocycles. The smallest absolute Gasteiger partial charge is 0.437 e. The minimum absolute atomic E-state index is 0.0789. The van der Waals surface area contributed by atoms with Crippen LogP contribution in [-0.4, -0.2) is 73.8 Å². The second kappa shape index (κ2) is 9.51. The average Bonchev–Trinajstić information content (AvgIpc) is 3.26. The summed E-state index contributed by atoms with van der Waals surface area (Å²) in [5.41, 5.74) is -1.39. The minimum atomic E-state index is -0.854. The summed E-state index contributed by atoms with van der Waals surface area (Å²) in [6.45, 7) is 10.8. The SMILES string of the molecule is CC(C)(C)OC(=O)/N=C(/NC(=O)OC(C)(C)C)NC1(Cc2cc([C@@H]3CC[C@H]4CN3C(=O)N4O)no2)CC1. The van der Waals surface area contributed by atoms with Gasteiger partial charge in [-0.2, -0.15) is 0 Å². The highest BCUT2D eigenvalue weighted by atomic mass is 16.6. The lowest BCUT2D eigenvalue weighted by Gasteiger charge is -2.28. The highest BCUT2D eigenvalue weighted by Crippen LogP contribution is 2.41. The fourth-order valence-corrected chi connectivity index (χ4v) is 4.47. The lowest BCUT2D eigenvalue weighted by atomic mass is 9.98. The van der Waals surface area contributed by atoms with Gasteiger partial charge in [-0.05, 0) is 67.2 Å². The molecule has 0 aromatic carbocycles. The molecule has 204 valence electrons. The summed E-state index contributed by atoms with van der Waals surface area (Å²) in [5.74, 6) is 0.508. The van der Waals surface area contributed by atoms with Crippen LogP contribution in [-0.2, 0) is 15.9 Å². The molecular weight excluding hydrogens is 484 g/mol. The molecule has 2 aliphatic heterocycles. The normalized spacial score (nSPS) is 23.1. The van der Waals surface area contributed by atoms with Crippen molar-refractivity contribution >= 4 is 24.2 Å². The molecular formula is C24H36N6O7. The molecule has 4 rings (SSSR count). The van der Waals surface area contributed by atoms with Crippen molar-refractivity contribution < 1.29 is 33.6 Å². The van der Waals surface area contributed by atoms with E-state index < -0.39 is 35.0 Å². The maximum Gasteiger partial charge on any atom is 0.437 e. The van der Waals surface area contributed by atoms with Gasteiger partial charge in [-0.25, -0.2) is 19.4 Å². The molecule has 0 spiro atoms. The van der Waals surface area contributed by atoms with E-state index in [-0.39, 0.29) is 18.0 Å². The largest absolute Gasteiger partial charge is 0.444 e. The third-order valence-corrected chi connectivity index (χ3v) is 6.23. The topological polar surface area (TPSA) is 159 Å². The Morgan fingerprint density at radius 3 is 2.49 bits per heavy atom. The molecule has 3 fully saturated rings. The number of piperidine rings is 1. The number of carbonyl (C=O) groups excluding carboxylic acids is 3. The molecule has 37 heavy (non-hydrogen) atoms. The van der Waals surface area contributed by atoms with Gasteiger partial charge in [0, 0.05) is 24.6 Å². The Morgan fingerprint density at radius 1 is 1.19 bits per heavy atom. The van der Waals surface area contributed by atoms with Gasteiger partial charge < -0.3 is 24.2 Å². The summed E-state index contributed by atoms with van der Waals surface area (Å²) in [6.07, 6.45) is 1.63. The van der Waals surface area contributed by atoms with Crippen LogP contribution < -0.4 is 10.6 Å². The standard InChI is InChI=1S/C24H36N6O7/c1-22(2,3)35-19(31)25-18(26-20(32)36-23(4,5)6)27-24(9-10-24)12-15-11-16(28-37-15)17-8-7-14-13-29(17)21(33)30(14)34/h11,14,17,34H,7-10,12-13H2,1-6H3,(H2,25,26,27,31,32)/t14-,17-/m0/s1. The molecule has 4 amide bonds. The minimum Gasteiger partial charge on any atom is -0.444 e. The molecule has 1 aliphatic carbocycles. The summed E-state index contributed by atoms with van der Waals surface area (Å²) in [5, 5.41) is 20.6. The summed E-state index contributed by atoms with van der Waals surface area (Å²) in [6, 6.07) is 0.939. The van der Waals surface area contributed by atoms with Gasteiger partial charge in [0.1, 0.15) is 22.7 Å². The first-order valence-electron chi connectivity index (χ1n) is 12.5. The predicted octanol–water partition coefficient (Wildman–Crippen LogP) is 3.49. The van der Waals surface area contributed by atoms with Gasteiger partial charge in [0.05, 0.1) is 12.1 Å². The second-order valence-corrected chi connectivity index (χ2v) is 11.9. The van der Waals surface area contributed by atoms with Gasteiger partial charge in [-0.3, -0.25) is 10.5 Å². The zero-order valence-corrected chi connectivity index (χ0v) is 22.2. The molecule has 2 bridgehead atoms. The van der Waals surface area contributed by atoms with E-state index in [0.29, 0.717) is 37.3 Å². The highest BCUT2D eigenvalue weighted by molar-refractivity contribution is 5.99. The van der Waals surface area contributed by atoms with Crippen LogP contribution in [0.5, 0.6) is 0 Å². The average molecular weight is 521 g/mol. The number of amides is 4. The molecule has 3 heterocycles. The van der Waals surface area contributed by atoms with Crippen molar-refractivity contribution in [3.8, 4) is 0 Å². The molecule has 13 nitrogen and oxygen atoms in total. The van der Waals surface area contributed by atoms with E-state index in [4.69, 9.17) is 14.0 Å². The van der Waals surface area contributed by atoms with Crippen molar-refractivity contribution in [1.29, 1.82) is 0 Å². The van der Waals surface area contributed by atoms with Crippen molar-refractivity contribution in [1.82, 2.24) is 25.8 Å². The number of nitrogens with zero attached hydrogens (tertiary/aromatic N) is 4. The fraction of sp³-hybridized carbons (Fsp3) is 0.708. The van der Waals surface area contributed by atoms with Crippen LogP contribution in [0.3, 0.4) is 0 Å². The van der Waals surface area contributed by atoms with Gasteiger partial charge in [0.2, 0.25) is 5.96 Å². The lowest BCUT2D eigenvalue weighted by molar-refractivity contribution is -0.0584. The van der Waals surface area contributed by atoms with Crippen LogP contribution in [0.2, 0.25) is 0 Å². The van der Waals surface area contributed by atoms with Crippen LogP contribution in [0.25, 0.3) is 0 Å². The number of aliphatic imine (C=N–C) groups is 1. The lowest BCUT2D eigenvalue weighted by Crippen LogP contribution is -2.49. The second-order valence-electron chi connectivity index (χ2n) is 11.9. The van der Waals surface area contributed by atoms with E-state index in [1.165, 1.54) is 0 Å². The molecule has 0 radical (unpaired) electrons. The Kier molecular flexibility index (Phi) is 6.86. The number of nitrogens with one attached hydrogen (secondary N) is 2. The maximum absolute atomic E-state index is 12.4. The summed E-state index contributed by atoms with van der Waals surface area (Å²) < 4.78 is 16.2. The van der Waals surface area contributed by atoms with Crippen LogP contribution in [0.1, 0.15) is 84.7 Å². The van der Waals surface area contributed by atoms with Gasteiger partial charge >= 0.3 is 18.2 Å². The highest BCUT2D eigenvalue weighted by Gasteiger charge is 2.47. The number of aromatic nitrogens is 1. The van der Waals surface area contributed by atoms with E-state index in [0.717, 1.165) is 17.9 Å². The monoisotopic (exact) mass is 520 g/mol. The number of hydrogen-bond acceptors (Lipinski definition) is 8. The van der Waals surface area contributed by atoms with Gasteiger partial charge in [0.15, 0.2) is 0 Å². The number of ether oxygens (including phenoxy) is 2. The van der Waals surface area contributed by atoms with E-state index >= 15 is 0 Å². The molecule has 3 aliphatic rings. The Labute approximate surface area is 215 Å². The van der Waals surface area contributed by atoms with Crippen molar-refractivity contribution in [2.75, 3.05) is 6.54 Å². The Morgan fingerprint density at radius 2 is 1.86 bits per heavy atom. The Hall–Kier alpha value is -3.35. The van der Waals surface area contributed by atoms with Gasteiger partial charge in [-0.1, -0.05) is 5.16 Å². The fourth-order valence-electron chi connectivity index (χ4n) is 4.47. The molecule has 1 aromatic rings. The summed E-state index contributed by atoms with van der Waals surface area (Å²) in [4.78, 5) is 42.6. The zero-order valence-electron chi connectivity index (χ0n) is 22.2. The molecule has 0 unspecified atom stereocenters. The number of urea groups is 1. The first-order chi connectivity index (χ1) is 17.1. The summed E-state index contributed by atoms with van der Waals surface area (Å²) >= 11 is 0. The molecule has 2 saturated heterocycles. The van der Waals surface area contributed by atoms with Gasteiger partial charge in [-0.15, -0.1) is 4.99 Å². The third kappa shape index (κ3) is 6.70. The van der Waals surface area contributed by atoms with Crippen LogP contribution in [0.15, 0.2) is 15.6 Å². The van der Waals surface area contributed by atoms with Crippen LogP contribution in [0, 0.1) is 0 Å². The van der Waals surface area contributed by atoms with Crippen molar-refractivity contribution in [2.45, 2.75) is 102 Å². The number of guanidine groups is 1. The molecule has 1 saturated carbocycles. The van der Waals surface area contributed by atoms with E-state index in [1.54, 1.807) is 46.4 Å². The number of alkyl carbamates (subject to hydrolysis) is 1. The molecule has 3 N–H and O–H groups in total. The van der Waals surface area contributed by atoms with E-state index in [1.807, 2.05) is 6.07 Å². The van der Waals surface area contributed by atoms with Gasteiger partial charge in [0.25, 0.3) is 0 Å². The predicted molar refractivity (Wildman–Crippen MR) is 130 cm³/mol. The van der Waals surface area contributed by atoms with Crippen LogP contribution >= 0.6 is 0 Å². The Bertz CT molecular complexity index is 1080. The number of carbonyl (C=O) groups is 3. The number of rotatable bonds is 4.